The van der Waals surface area contributed by atoms with Crippen molar-refractivity contribution in [1.82, 2.24) is 0 Å². The Labute approximate surface area is 144 Å². The lowest BCUT2D eigenvalue weighted by atomic mass is 9.92. The van der Waals surface area contributed by atoms with Gasteiger partial charge in [0.05, 0.1) is 17.6 Å². The van der Waals surface area contributed by atoms with Crippen molar-refractivity contribution in [2.75, 3.05) is 0 Å². The maximum Gasteiger partial charge on any atom is 0.396 e. The number of nitriles is 1. The van der Waals surface area contributed by atoms with E-state index in [0.29, 0.717) is 16.7 Å². The van der Waals surface area contributed by atoms with Crippen molar-refractivity contribution in [3.63, 3.8) is 0 Å². The fourth-order valence-corrected chi connectivity index (χ4v) is 2.44. The van der Waals surface area contributed by atoms with E-state index >= 15 is 0 Å². The molecule has 5 heteroatoms. The number of ketones is 1. The molecule has 0 aliphatic carbocycles. The molecule has 0 radical (unpaired) electrons. The number of hydrogen-bond donors (Lipinski definition) is 0. The van der Waals surface area contributed by atoms with Gasteiger partial charge in [0.25, 0.3) is 0 Å². The van der Waals surface area contributed by atoms with Gasteiger partial charge in [-0.25, -0.2) is 0 Å². The molecule has 0 spiro atoms. The molecule has 2 rings (SSSR count). The third-order valence-electron chi connectivity index (χ3n) is 3.75. The minimum atomic E-state index is -4.49. The standard InChI is InChI=1S/C20H16F3NO/c1-14-3-2-4-17(11-14)19(20(21,22)23)12-18(25)10-9-15-5-7-16(13-24)8-6-15/h2-11,19H,12H2,1H3/b10-9+. The SMILES string of the molecule is Cc1cccc(C(CC(=O)/C=C/c2ccc(C#N)cc2)C(F)(F)F)c1. The van der Waals surface area contributed by atoms with Crippen molar-refractivity contribution in [3.05, 3.63) is 76.9 Å². The largest absolute Gasteiger partial charge is 0.396 e. The van der Waals surface area contributed by atoms with Gasteiger partial charge in [-0.1, -0.05) is 48.0 Å². The van der Waals surface area contributed by atoms with Crippen LogP contribution in [0.25, 0.3) is 6.08 Å². The number of alkyl halides is 3. The molecule has 128 valence electrons. The monoisotopic (exact) mass is 343 g/mol. The van der Waals surface area contributed by atoms with Crippen LogP contribution in [0.1, 0.15) is 34.6 Å². The normalized spacial score (nSPS) is 12.8. The van der Waals surface area contributed by atoms with E-state index in [9.17, 15) is 18.0 Å². The molecule has 1 unspecified atom stereocenters. The minimum Gasteiger partial charge on any atom is -0.295 e. The maximum atomic E-state index is 13.3. The van der Waals surface area contributed by atoms with Gasteiger partial charge in [0.15, 0.2) is 5.78 Å². The number of aryl methyl sites for hydroxylation is 1. The molecule has 0 amide bonds. The Bertz CT molecular complexity index is 814. The van der Waals surface area contributed by atoms with E-state index < -0.39 is 24.3 Å². The Hall–Kier alpha value is -2.87. The van der Waals surface area contributed by atoms with E-state index in [1.165, 1.54) is 18.2 Å². The third-order valence-corrected chi connectivity index (χ3v) is 3.75. The highest BCUT2D eigenvalue weighted by molar-refractivity contribution is 5.94. The van der Waals surface area contributed by atoms with Crippen molar-refractivity contribution >= 4 is 11.9 Å². The average Bonchev–Trinajstić information content (AvgIpc) is 2.57. The maximum absolute atomic E-state index is 13.3. The first-order valence-electron chi connectivity index (χ1n) is 7.64. The van der Waals surface area contributed by atoms with E-state index in [0.717, 1.165) is 6.08 Å². The van der Waals surface area contributed by atoms with Gasteiger partial charge in [0, 0.05) is 6.42 Å². The molecule has 0 aliphatic heterocycles. The summed E-state index contributed by atoms with van der Waals surface area (Å²) >= 11 is 0. The van der Waals surface area contributed by atoms with Gasteiger partial charge >= 0.3 is 6.18 Å². The molecule has 0 N–H and O–H groups in total. The number of nitrogens with zero attached hydrogens (tertiary/aromatic N) is 1. The van der Waals surface area contributed by atoms with Crippen LogP contribution in [0.15, 0.2) is 54.6 Å². The lowest BCUT2D eigenvalue weighted by molar-refractivity contribution is -0.155. The molecular weight excluding hydrogens is 327 g/mol. The summed E-state index contributed by atoms with van der Waals surface area (Å²) in [5.74, 6) is -2.43. The second kappa shape index (κ2) is 7.80. The zero-order valence-corrected chi connectivity index (χ0v) is 13.5. The van der Waals surface area contributed by atoms with Crippen molar-refractivity contribution < 1.29 is 18.0 Å². The third kappa shape index (κ3) is 5.32. The summed E-state index contributed by atoms with van der Waals surface area (Å²) in [5, 5.41) is 8.72. The quantitative estimate of drug-likeness (QED) is 0.702. The van der Waals surface area contributed by atoms with Gasteiger partial charge in [0.2, 0.25) is 0 Å². The molecule has 0 saturated heterocycles. The molecule has 1 atom stereocenters. The first-order chi connectivity index (χ1) is 11.8. The van der Waals surface area contributed by atoms with Gasteiger partial charge in [-0.15, -0.1) is 0 Å². The van der Waals surface area contributed by atoms with Crippen molar-refractivity contribution in [2.45, 2.75) is 25.4 Å². The number of hydrogen-bond acceptors (Lipinski definition) is 2. The van der Waals surface area contributed by atoms with Crippen LogP contribution >= 0.6 is 0 Å². The van der Waals surface area contributed by atoms with Crippen molar-refractivity contribution in [3.8, 4) is 6.07 Å². The first kappa shape index (κ1) is 18.5. The Morgan fingerprint density at radius 3 is 2.44 bits per heavy atom. The second-order valence-electron chi connectivity index (χ2n) is 5.75. The summed E-state index contributed by atoms with van der Waals surface area (Å²) in [4.78, 5) is 12.0. The van der Waals surface area contributed by atoms with Crippen LogP contribution in [0.4, 0.5) is 13.2 Å². The molecular formula is C20H16F3NO. The van der Waals surface area contributed by atoms with E-state index in [2.05, 4.69) is 0 Å². The number of allylic oxidation sites excluding steroid dienone is 1. The number of benzene rings is 2. The second-order valence-corrected chi connectivity index (χ2v) is 5.75. The summed E-state index contributed by atoms with van der Waals surface area (Å²) in [6, 6.07) is 14.5. The summed E-state index contributed by atoms with van der Waals surface area (Å²) in [7, 11) is 0. The highest BCUT2D eigenvalue weighted by atomic mass is 19.4. The smallest absolute Gasteiger partial charge is 0.295 e. The summed E-state index contributed by atoms with van der Waals surface area (Å²) in [6.07, 6.45) is -2.53. The Kier molecular flexibility index (Phi) is 5.76. The van der Waals surface area contributed by atoms with Gasteiger partial charge < -0.3 is 0 Å². The van der Waals surface area contributed by atoms with Crippen LogP contribution in [-0.4, -0.2) is 12.0 Å². The number of rotatable bonds is 5. The van der Waals surface area contributed by atoms with Crippen LogP contribution in [0.5, 0.6) is 0 Å². The summed E-state index contributed by atoms with van der Waals surface area (Å²) < 4.78 is 40.0. The minimum absolute atomic E-state index is 0.0904. The average molecular weight is 343 g/mol. The highest BCUT2D eigenvalue weighted by Crippen LogP contribution is 2.37. The van der Waals surface area contributed by atoms with Crippen LogP contribution < -0.4 is 0 Å². The molecule has 2 nitrogen and oxygen atoms in total. The van der Waals surface area contributed by atoms with E-state index in [1.807, 2.05) is 6.07 Å². The number of carbonyl (C=O) groups is 1. The van der Waals surface area contributed by atoms with Crippen LogP contribution in [-0.2, 0) is 4.79 Å². The Balaban J connectivity index is 2.14. The van der Waals surface area contributed by atoms with Crippen LogP contribution in [0, 0.1) is 18.3 Å². The molecule has 0 fully saturated rings. The van der Waals surface area contributed by atoms with Crippen LogP contribution in [0.3, 0.4) is 0 Å². The van der Waals surface area contributed by atoms with Gasteiger partial charge in [-0.3, -0.25) is 4.79 Å². The van der Waals surface area contributed by atoms with E-state index in [4.69, 9.17) is 5.26 Å². The predicted octanol–water partition coefficient (Wildman–Crippen LogP) is 5.19. The number of halogens is 3. The fraction of sp³-hybridized carbons (Fsp3) is 0.200. The van der Waals surface area contributed by atoms with Crippen molar-refractivity contribution in [2.24, 2.45) is 0 Å². The van der Waals surface area contributed by atoms with E-state index in [-0.39, 0.29) is 5.56 Å². The molecule has 25 heavy (non-hydrogen) atoms. The van der Waals surface area contributed by atoms with Gasteiger partial charge in [-0.2, -0.15) is 18.4 Å². The Morgan fingerprint density at radius 1 is 1.20 bits per heavy atom. The lowest BCUT2D eigenvalue weighted by Gasteiger charge is -2.20. The first-order valence-corrected chi connectivity index (χ1v) is 7.64. The predicted molar refractivity (Wildman–Crippen MR) is 89.8 cm³/mol. The van der Waals surface area contributed by atoms with Crippen LogP contribution in [0.2, 0.25) is 0 Å². The molecule has 0 aliphatic rings. The molecule has 0 heterocycles. The molecule has 0 bridgehead atoms. The topological polar surface area (TPSA) is 40.9 Å². The summed E-state index contributed by atoms with van der Waals surface area (Å²) in [5.41, 5.74) is 1.92. The molecule has 2 aromatic rings. The lowest BCUT2D eigenvalue weighted by Crippen LogP contribution is -2.23. The van der Waals surface area contributed by atoms with Crippen molar-refractivity contribution in [1.29, 1.82) is 5.26 Å². The number of carbonyl (C=O) groups excluding carboxylic acids is 1. The summed E-state index contributed by atoms with van der Waals surface area (Å²) in [6.45, 7) is 1.71. The molecule has 0 aromatic heterocycles. The Morgan fingerprint density at radius 2 is 1.88 bits per heavy atom. The zero-order chi connectivity index (χ0) is 18.4. The van der Waals surface area contributed by atoms with Gasteiger partial charge in [0.1, 0.15) is 0 Å². The molecule has 2 aromatic carbocycles. The zero-order valence-electron chi connectivity index (χ0n) is 13.5. The molecule has 0 saturated carbocycles. The van der Waals surface area contributed by atoms with Gasteiger partial charge in [-0.05, 0) is 36.3 Å². The fourth-order valence-electron chi connectivity index (χ4n) is 2.44. The van der Waals surface area contributed by atoms with E-state index in [1.54, 1.807) is 43.3 Å². The highest BCUT2D eigenvalue weighted by Gasteiger charge is 2.41.